The molecule has 0 unspecified atom stereocenters. The largest absolute Gasteiger partial charge is 0.397 e. The molecule has 0 amide bonds. The Morgan fingerprint density at radius 3 is 2.62 bits per heavy atom. The Hall–Kier alpha value is -1.94. The van der Waals surface area contributed by atoms with Gasteiger partial charge in [0.2, 0.25) is 11.3 Å². The number of aromatic nitrogens is 1. The van der Waals surface area contributed by atoms with E-state index in [1.807, 2.05) is 30.3 Å². The van der Waals surface area contributed by atoms with Gasteiger partial charge in [0.15, 0.2) is 5.52 Å². The number of hydrogen-bond donors (Lipinski definition) is 2. The van der Waals surface area contributed by atoms with Crippen LogP contribution in [-0.4, -0.2) is 4.98 Å². The lowest BCUT2D eigenvalue weighted by atomic mass is 10.2. The van der Waals surface area contributed by atoms with Gasteiger partial charge in [-0.15, -0.1) is 0 Å². The van der Waals surface area contributed by atoms with Crippen LogP contribution in [0.3, 0.4) is 0 Å². The van der Waals surface area contributed by atoms with Gasteiger partial charge < -0.3 is 11.5 Å². The summed E-state index contributed by atoms with van der Waals surface area (Å²) in [4.78, 5) is 4.54. The molecule has 0 saturated carbocycles. The average molecular weight is 228 g/mol. The van der Waals surface area contributed by atoms with Gasteiger partial charge in [-0.3, -0.25) is 0 Å². The first-order valence-corrected chi connectivity index (χ1v) is 5.74. The summed E-state index contributed by atoms with van der Waals surface area (Å²) in [5.41, 5.74) is 14.6. The molecule has 16 heavy (non-hydrogen) atoms. The highest BCUT2D eigenvalue weighted by molar-refractivity contribution is 7.24. The number of nitrogens with zero attached hydrogens (tertiary/aromatic N) is 1. The minimum absolute atomic E-state index is 0.569. The molecule has 0 atom stereocenters. The van der Waals surface area contributed by atoms with Gasteiger partial charge in [0.1, 0.15) is 5.52 Å². The Labute approximate surface area is 96.3 Å². The van der Waals surface area contributed by atoms with Gasteiger partial charge in [-0.1, -0.05) is 12.1 Å². The topological polar surface area (TPSA) is 64.9 Å². The summed E-state index contributed by atoms with van der Waals surface area (Å²) >= 11 is 1.68. The van der Waals surface area contributed by atoms with E-state index in [1.165, 1.54) is 0 Å². The quantitative estimate of drug-likeness (QED) is 0.353. The first kappa shape index (κ1) is 9.30. The summed E-state index contributed by atoms with van der Waals surface area (Å²) in [5.74, 6) is 0. The third-order valence-corrected chi connectivity index (χ3v) is 3.65. The SMILES string of the molecule is Nc1ccc2[s+]c3ccccc3nc2c1N. The second-order valence-corrected chi connectivity index (χ2v) is 4.68. The maximum absolute atomic E-state index is 5.93. The molecule has 0 fully saturated rings. The summed E-state index contributed by atoms with van der Waals surface area (Å²) in [6, 6.07) is 11.8. The minimum Gasteiger partial charge on any atom is -0.397 e. The molecule has 3 aromatic rings. The first-order chi connectivity index (χ1) is 7.75. The zero-order chi connectivity index (χ0) is 11.1. The summed E-state index contributed by atoms with van der Waals surface area (Å²) in [6.45, 7) is 0. The van der Waals surface area contributed by atoms with E-state index < -0.39 is 0 Å². The van der Waals surface area contributed by atoms with Gasteiger partial charge in [0.25, 0.3) is 9.40 Å². The molecule has 0 aliphatic heterocycles. The highest BCUT2D eigenvalue weighted by Crippen LogP contribution is 2.31. The van der Waals surface area contributed by atoms with Crippen molar-refractivity contribution in [3.05, 3.63) is 36.4 Å². The summed E-state index contributed by atoms with van der Waals surface area (Å²) in [7, 11) is 0. The molecule has 78 valence electrons. The number of fused-ring (bicyclic) bond motifs is 2. The molecule has 1 aromatic heterocycles. The van der Waals surface area contributed by atoms with Crippen LogP contribution in [0.25, 0.3) is 20.4 Å². The zero-order valence-electron chi connectivity index (χ0n) is 8.47. The van der Waals surface area contributed by atoms with Gasteiger partial charge in [-0.2, -0.15) is 0 Å². The van der Waals surface area contributed by atoms with Gasteiger partial charge in [-0.25, -0.2) is 4.98 Å². The summed E-state index contributed by atoms with van der Waals surface area (Å²) < 4.78 is 2.21. The van der Waals surface area contributed by atoms with Crippen LogP contribution in [0.5, 0.6) is 0 Å². The standard InChI is InChI=1S/C12H10N3S/c13-7-5-6-10-12(11(7)14)15-8-3-1-2-4-9(8)16-10/h1-6H,13-14H2/q+1. The molecule has 0 aliphatic rings. The van der Waals surface area contributed by atoms with E-state index in [9.17, 15) is 0 Å². The average Bonchev–Trinajstić information content (AvgIpc) is 2.32. The fourth-order valence-corrected chi connectivity index (χ4v) is 2.67. The molecule has 1 heterocycles. The Balaban J connectivity index is 2.51. The van der Waals surface area contributed by atoms with Gasteiger partial charge in [0.05, 0.1) is 11.4 Å². The molecule has 0 radical (unpaired) electrons. The normalized spacial score (nSPS) is 11.0. The van der Waals surface area contributed by atoms with Crippen molar-refractivity contribution in [1.82, 2.24) is 4.98 Å². The van der Waals surface area contributed by atoms with Crippen molar-refractivity contribution in [2.45, 2.75) is 0 Å². The monoisotopic (exact) mass is 228 g/mol. The van der Waals surface area contributed by atoms with E-state index >= 15 is 0 Å². The van der Waals surface area contributed by atoms with E-state index in [0.717, 1.165) is 20.4 Å². The van der Waals surface area contributed by atoms with Crippen LogP contribution in [0.1, 0.15) is 0 Å². The Bertz CT molecular complexity index is 694. The predicted octanol–water partition coefficient (Wildman–Crippen LogP) is 2.90. The maximum Gasteiger partial charge on any atom is 0.259 e. The van der Waals surface area contributed by atoms with Crippen LogP contribution in [-0.2, 0) is 0 Å². The molecule has 4 heteroatoms. The lowest BCUT2D eigenvalue weighted by Gasteiger charge is -1.99. The molecule has 0 spiro atoms. The van der Waals surface area contributed by atoms with E-state index in [0.29, 0.717) is 11.4 Å². The molecular weight excluding hydrogens is 218 g/mol. The summed E-state index contributed by atoms with van der Waals surface area (Å²) in [5, 5.41) is 0. The molecule has 0 saturated heterocycles. The van der Waals surface area contributed by atoms with Crippen molar-refractivity contribution < 1.29 is 0 Å². The van der Waals surface area contributed by atoms with Crippen molar-refractivity contribution in [3.8, 4) is 0 Å². The van der Waals surface area contributed by atoms with Crippen molar-refractivity contribution >= 4 is 43.1 Å². The van der Waals surface area contributed by atoms with E-state index in [2.05, 4.69) is 11.1 Å². The number of anilines is 2. The van der Waals surface area contributed by atoms with Crippen LogP contribution < -0.4 is 11.5 Å². The number of nitrogens with two attached hydrogens (primary N) is 2. The third kappa shape index (κ3) is 1.27. The Kier molecular flexibility index (Phi) is 1.91. The number of hydrogen-bond acceptors (Lipinski definition) is 3. The van der Waals surface area contributed by atoms with Crippen molar-refractivity contribution in [1.29, 1.82) is 0 Å². The molecule has 0 aliphatic carbocycles. The Morgan fingerprint density at radius 1 is 0.938 bits per heavy atom. The van der Waals surface area contributed by atoms with E-state index in [-0.39, 0.29) is 0 Å². The highest BCUT2D eigenvalue weighted by atomic mass is 32.1. The molecule has 3 rings (SSSR count). The minimum atomic E-state index is 0.569. The zero-order valence-corrected chi connectivity index (χ0v) is 9.29. The van der Waals surface area contributed by atoms with E-state index in [1.54, 1.807) is 11.3 Å². The second-order valence-electron chi connectivity index (χ2n) is 3.60. The number of benzene rings is 2. The van der Waals surface area contributed by atoms with Crippen LogP contribution in [0.4, 0.5) is 11.4 Å². The van der Waals surface area contributed by atoms with Crippen molar-refractivity contribution in [3.63, 3.8) is 0 Å². The van der Waals surface area contributed by atoms with Crippen LogP contribution in [0, 0.1) is 0 Å². The first-order valence-electron chi connectivity index (χ1n) is 4.92. The van der Waals surface area contributed by atoms with Crippen LogP contribution in [0.2, 0.25) is 0 Å². The smallest absolute Gasteiger partial charge is 0.259 e. The lowest BCUT2D eigenvalue weighted by Crippen LogP contribution is -1.96. The van der Waals surface area contributed by atoms with Crippen LogP contribution in [0.15, 0.2) is 36.4 Å². The fourth-order valence-electron chi connectivity index (χ4n) is 1.68. The molecule has 0 bridgehead atoms. The van der Waals surface area contributed by atoms with Gasteiger partial charge in [-0.05, 0) is 12.1 Å². The van der Waals surface area contributed by atoms with Crippen molar-refractivity contribution in [2.24, 2.45) is 0 Å². The molecule has 3 nitrogen and oxygen atoms in total. The van der Waals surface area contributed by atoms with Gasteiger partial charge in [0, 0.05) is 12.1 Å². The lowest BCUT2D eigenvalue weighted by molar-refractivity contribution is 1.52. The van der Waals surface area contributed by atoms with Crippen molar-refractivity contribution in [2.75, 3.05) is 11.5 Å². The summed E-state index contributed by atoms with van der Waals surface area (Å²) in [6.07, 6.45) is 0. The maximum atomic E-state index is 5.93. The number of para-hydroxylation sites is 1. The second kappa shape index (κ2) is 3.28. The van der Waals surface area contributed by atoms with Gasteiger partial charge >= 0.3 is 0 Å². The Morgan fingerprint density at radius 2 is 1.75 bits per heavy atom. The predicted molar refractivity (Wildman–Crippen MR) is 70.4 cm³/mol. The van der Waals surface area contributed by atoms with Crippen LogP contribution >= 0.6 is 11.3 Å². The molecule has 2 aromatic carbocycles. The number of nitrogen functional groups attached to an aromatic ring is 2. The fraction of sp³-hybridized carbons (Fsp3) is 0. The molecular formula is C12H10N3S+. The molecule has 4 N–H and O–H groups in total. The third-order valence-electron chi connectivity index (χ3n) is 2.53. The van der Waals surface area contributed by atoms with E-state index in [4.69, 9.17) is 11.5 Å². The number of rotatable bonds is 0. The highest BCUT2D eigenvalue weighted by Gasteiger charge is 2.14.